The molecule has 0 unspecified atom stereocenters. The number of carbonyl (C=O) groups is 2. The quantitative estimate of drug-likeness (QED) is 0.506. The highest BCUT2D eigenvalue weighted by Gasteiger charge is 2.26. The smallest absolute Gasteiger partial charge is 0.242 e. The lowest BCUT2D eigenvalue weighted by molar-refractivity contribution is -0.140. The fourth-order valence-electron chi connectivity index (χ4n) is 2.88. The van der Waals surface area contributed by atoms with Crippen LogP contribution in [0, 0.1) is 0 Å². The molecule has 1 atom stereocenters. The van der Waals surface area contributed by atoms with E-state index in [-0.39, 0.29) is 24.8 Å². The normalized spacial score (nSPS) is 11.8. The standard InChI is InChI=1S/C22H25Cl3N2O2/c1-3-4-10-26-22(29)15(2)27(14-17-8-9-19(24)13-20(17)25)21(28)12-16-6-5-7-18(23)11-16/h5-9,11,13,15H,3-4,10,12,14H2,1-2H3,(H,26,29)/t15-/m1/s1. The molecule has 0 aliphatic heterocycles. The summed E-state index contributed by atoms with van der Waals surface area (Å²) in [5, 5.41) is 4.43. The van der Waals surface area contributed by atoms with Gasteiger partial charge in [0.05, 0.1) is 6.42 Å². The first-order valence-electron chi connectivity index (χ1n) is 9.57. The molecule has 4 nitrogen and oxygen atoms in total. The minimum absolute atomic E-state index is 0.137. The van der Waals surface area contributed by atoms with E-state index in [1.165, 1.54) is 4.90 Å². The predicted octanol–water partition coefficient (Wildman–Crippen LogP) is 5.52. The summed E-state index contributed by atoms with van der Waals surface area (Å²) in [7, 11) is 0. The third kappa shape index (κ3) is 7.22. The van der Waals surface area contributed by atoms with Gasteiger partial charge < -0.3 is 10.2 Å². The second kappa shape index (κ2) is 11.4. The number of halogens is 3. The first-order chi connectivity index (χ1) is 13.8. The van der Waals surface area contributed by atoms with Crippen molar-refractivity contribution in [3.05, 3.63) is 68.7 Å². The van der Waals surface area contributed by atoms with E-state index in [2.05, 4.69) is 12.2 Å². The van der Waals surface area contributed by atoms with Crippen LogP contribution in [0.2, 0.25) is 15.1 Å². The fraction of sp³-hybridized carbons (Fsp3) is 0.364. The van der Waals surface area contributed by atoms with Gasteiger partial charge >= 0.3 is 0 Å². The molecule has 0 radical (unpaired) electrons. The van der Waals surface area contributed by atoms with Gasteiger partial charge in [-0.05, 0) is 48.7 Å². The molecule has 2 aromatic carbocycles. The maximum Gasteiger partial charge on any atom is 0.242 e. The van der Waals surface area contributed by atoms with Crippen molar-refractivity contribution in [1.29, 1.82) is 0 Å². The Morgan fingerprint density at radius 1 is 1.07 bits per heavy atom. The predicted molar refractivity (Wildman–Crippen MR) is 120 cm³/mol. The average Bonchev–Trinajstić information content (AvgIpc) is 2.67. The number of amides is 2. The van der Waals surface area contributed by atoms with Crippen LogP contribution in [0.1, 0.15) is 37.8 Å². The highest BCUT2D eigenvalue weighted by Crippen LogP contribution is 2.24. The molecule has 0 fully saturated rings. The maximum absolute atomic E-state index is 13.1. The Kier molecular flexibility index (Phi) is 9.28. The number of nitrogens with zero attached hydrogens (tertiary/aromatic N) is 1. The Labute approximate surface area is 187 Å². The zero-order valence-corrected chi connectivity index (χ0v) is 18.8. The monoisotopic (exact) mass is 454 g/mol. The Morgan fingerprint density at radius 2 is 1.79 bits per heavy atom. The number of hydrogen-bond donors (Lipinski definition) is 1. The van der Waals surface area contributed by atoms with E-state index >= 15 is 0 Å². The lowest BCUT2D eigenvalue weighted by Crippen LogP contribution is -2.48. The van der Waals surface area contributed by atoms with Crippen LogP contribution >= 0.6 is 34.8 Å². The van der Waals surface area contributed by atoms with Crippen LogP contribution in [0.25, 0.3) is 0 Å². The zero-order valence-electron chi connectivity index (χ0n) is 16.6. The number of benzene rings is 2. The molecule has 2 rings (SSSR count). The van der Waals surface area contributed by atoms with Crippen molar-refractivity contribution >= 4 is 46.6 Å². The van der Waals surface area contributed by atoms with Crippen molar-refractivity contribution in [3.8, 4) is 0 Å². The zero-order chi connectivity index (χ0) is 21.4. The molecule has 2 aromatic rings. The molecule has 0 bridgehead atoms. The molecule has 2 amide bonds. The second-order valence-corrected chi connectivity index (χ2v) is 8.16. The fourth-order valence-corrected chi connectivity index (χ4v) is 3.56. The maximum atomic E-state index is 13.1. The van der Waals surface area contributed by atoms with Gasteiger partial charge in [-0.25, -0.2) is 0 Å². The van der Waals surface area contributed by atoms with Crippen molar-refractivity contribution in [2.45, 2.75) is 45.7 Å². The summed E-state index contributed by atoms with van der Waals surface area (Å²) in [6.07, 6.45) is 2.00. The number of rotatable bonds is 9. The van der Waals surface area contributed by atoms with Crippen molar-refractivity contribution in [2.75, 3.05) is 6.54 Å². The third-order valence-corrected chi connectivity index (χ3v) is 5.42. The van der Waals surface area contributed by atoms with E-state index in [4.69, 9.17) is 34.8 Å². The molecular formula is C22H25Cl3N2O2. The van der Waals surface area contributed by atoms with E-state index in [0.717, 1.165) is 24.0 Å². The third-order valence-electron chi connectivity index (χ3n) is 4.60. The first kappa shape index (κ1) is 23.5. The van der Waals surface area contributed by atoms with Gasteiger partial charge in [0.2, 0.25) is 11.8 Å². The van der Waals surface area contributed by atoms with Crippen molar-refractivity contribution in [3.63, 3.8) is 0 Å². The minimum atomic E-state index is -0.648. The van der Waals surface area contributed by atoms with Crippen molar-refractivity contribution in [1.82, 2.24) is 10.2 Å². The van der Waals surface area contributed by atoms with Crippen molar-refractivity contribution in [2.24, 2.45) is 0 Å². The van der Waals surface area contributed by atoms with Gasteiger partial charge in [-0.1, -0.05) is 66.3 Å². The molecule has 0 aliphatic carbocycles. The van der Waals surface area contributed by atoms with E-state index in [1.807, 2.05) is 6.07 Å². The summed E-state index contributed by atoms with van der Waals surface area (Å²) in [4.78, 5) is 27.3. The molecule has 0 saturated heterocycles. The molecule has 0 heterocycles. The molecular weight excluding hydrogens is 431 g/mol. The topological polar surface area (TPSA) is 49.4 Å². The second-order valence-electron chi connectivity index (χ2n) is 6.88. The summed E-state index contributed by atoms with van der Waals surface area (Å²) in [6, 6.07) is 11.6. The molecule has 0 aliphatic rings. The van der Waals surface area contributed by atoms with Gasteiger partial charge in [0, 0.05) is 28.2 Å². The molecule has 0 spiro atoms. The average molecular weight is 456 g/mol. The van der Waals surface area contributed by atoms with Crippen LogP contribution in [-0.4, -0.2) is 29.3 Å². The summed E-state index contributed by atoms with van der Waals surface area (Å²) in [6.45, 7) is 4.56. The molecule has 7 heteroatoms. The highest BCUT2D eigenvalue weighted by molar-refractivity contribution is 6.35. The molecule has 156 valence electrons. The summed E-state index contributed by atoms with van der Waals surface area (Å²) < 4.78 is 0. The Hall–Kier alpha value is -1.75. The molecule has 0 aromatic heterocycles. The van der Waals surface area contributed by atoms with E-state index in [1.54, 1.807) is 43.3 Å². The van der Waals surface area contributed by atoms with E-state index in [9.17, 15) is 9.59 Å². The summed E-state index contributed by atoms with van der Waals surface area (Å²) >= 11 is 18.3. The Bertz CT molecular complexity index is 858. The Balaban J connectivity index is 2.23. The van der Waals surface area contributed by atoms with Crippen LogP contribution in [-0.2, 0) is 22.6 Å². The Morgan fingerprint density at radius 3 is 2.45 bits per heavy atom. The van der Waals surface area contributed by atoms with Crippen LogP contribution in [0.4, 0.5) is 0 Å². The van der Waals surface area contributed by atoms with Gasteiger partial charge in [0.15, 0.2) is 0 Å². The first-order valence-corrected chi connectivity index (χ1v) is 10.7. The van der Waals surface area contributed by atoms with Crippen LogP contribution in [0.3, 0.4) is 0 Å². The van der Waals surface area contributed by atoms with E-state index in [0.29, 0.717) is 21.6 Å². The number of carbonyl (C=O) groups excluding carboxylic acids is 2. The molecule has 0 saturated carbocycles. The highest BCUT2D eigenvalue weighted by atomic mass is 35.5. The molecule has 29 heavy (non-hydrogen) atoms. The van der Waals surface area contributed by atoms with Gasteiger partial charge in [-0.15, -0.1) is 0 Å². The van der Waals surface area contributed by atoms with Gasteiger partial charge in [0.1, 0.15) is 6.04 Å². The minimum Gasteiger partial charge on any atom is -0.354 e. The number of hydrogen-bond acceptors (Lipinski definition) is 2. The van der Waals surface area contributed by atoms with Gasteiger partial charge in [-0.2, -0.15) is 0 Å². The number of nitrogens with one attached hydrogen (secondary N) is 1. The van der Waals surface area contributed by atoms with E-state index < -0.39 is 6.04 Å². The van der Waals surface area contributed by atoms with Crippen molar-refractivity contribution < 1.29 is 9.59 Å². The number of unbranched alkanes of at least 4 members (excludes halogenated alkanes) is 1. The SMILES string of the molecule is CCCCNC(=O)[C@@H](C)N(Cc1ccc(Cl)cc1Cl)C(=O)Cc1cccc(Cl)c1. The summed E-state index contributed by atoms with van der Waals surface area (Å²) in [5.41, 5.74) is 1.51. The lowest BCUT2D eigenvalue weighted by atomic mass is 10.1. The summed E-state index contributed by atoms with van der Waals surface area (Å²) in [5.74, 6) is -0.376. The molecule has 1 N–H and O–H groups in total. The van der Waals surface area contributed by atoms with Gasteiger partial charge in [0.25, 0.3) is 0 Å². The largest absolute Gasteiger partial charge is 0.354 e. The van der Waals surface area contributed by atoms with Crippen LogP contribution in [0.15, 0.2) is 42.5 Å². The van der Waals surface area contributed by atoms with Gasteiger partial charge in [-0.3, -0.25) is 9.59 Å². The van der Waals surface area contributed by atoms with Crippen LogP contribution in [0.5, 0.6) is 0 Å². The lowest BCUT2D eigenvalue weighted by Gasteiger charge is -2.29. The van der Waals surface area contributed by atoms with Crippen LogP contribution < -0.4 is 5.32 Å².